The number of hydrogen-bond acceptors (Lipinski definition) is 2. The Morgan fingerprint density at radius 1 is 1.62 bits per heavy atom. The van der Waals surface area contributed by atoms with Crippen molar-refractivity contribution in [3.8, 4) is 0 Å². The third-order valence-electron chi connectivity index (χ3n) is 3.18. The minimum atomic E-state index is 0.203. The summed E-state index contributed by atoms with van der Waals surface area (Å²) in [5.41, 5.74) is 0.203. The summed E-state index contributed by atoms with van der Waals surface area (Å²) in [4.78, 5) is 0. The van der Waals surface area contributed by atoms with E-state index in [2.05, 4.69) is 33.0 Å². The first-order valence-electron chi connectivity index (χ1n) is 5.48. The maximum Gasteiger partial charge on any atom is 0.0726 e. The lowest BCUT2D eigenvalue weighted by atomic mass is 9.93. The molecule has 0 spiro atoms. The first-order chi connectivity index (χ1) is 6.08. The second-order valence-electron chi connectivity index (χ2n) is 4.51. The summed E-state index contributed by atoms with van der Waals surface area (Å²) in [5.74, 6) is 0. The molecule has 13 heavy (non-hydrogen) atoms. The van der Waals surface area contributed by atoms with Gasteiger partial charge in [0.25, 0.3) is 0 Å². The van der Waals surface area contributed by atoms with E-state index in [1.165, 1.54) is 12.8 Å². The zero-order valence-corrected chi connectivity index (χ0v) is 9.39. The average molecular weight is 185 g/mol. The first-order valence-corrected chi connectivity index (χ1v) is 5.48. The Bertz CT molecular complexity index is 160. The number of hydrogen-bond donors (Lipinski definition) is 1. The number of nitrogens with one attached hydrogen (secondary N) is 1. The van der Waals surface area contributed by atoms with E-state index in [4.69, 9.17) is 4.74 Å². The van der Waals surface area contributed by atoms with E-state index in [1.807, 2.05) is 0 Å². The molecule has 1 saturated heterocycles. The summed E-state index contributed by atoms with van der Waals surface area (Å²) in [6.07, 6.45) is 4.00. The van der Waals surface area contributed by atoms with Crippen molar-refractivity contribution in [2.24, 2.45) is 0 Å². The van der Waals surface area contributed by atoms with Crippen LogP contribution < -0.4 is 5.32 Å². The van der Waals surface area contributed by atoms with Crippen molar-refractivity contribution in [3.05, 3.63) is 0 Å². The summed E-state index contributed by atoms with van der Waals surface area (Å²) in [6, 6.07) is 0.610. The Hall–Kier alpha value is -0.0800. The van der Waals surface area contributed by atoms with Crippen molar-refractivity contribution in [2.75, 3.05) is 6.61 Å². The fraction of sp³-hybridized carbons (Fsp3) is 1.00. The van der Waals surface area contributed by atoms with Gasteiger partial charge in [-0.1, -0.05) is 13.3 Å². The molecular weight excluding hydrogens is 162 g/mol. The molecule has 0 radical (unpaired) electrons. The SMILES string of the molecule is CCCC(C)NC1(C)CCOC1C. The highest BCUT2D eigenvalue weighted by atomic mass is 16.5. The minimum Gasteiger partial charge on any atom is -0.377 e. The van der Waals surface area contributed by atoms with Crippen LogP contribution in [0.25, 0.3) is 0 Å². The molecule has 0 bridgehead atoms. The van der Waals surface area contributed by atoms with Gasteiger partial charge in [0.2, 0.25) is 0 Å². The zero-order chi connectivity index (χ0) is 9.90. The van der Waals surface area contributed by atoms with E-state index in [0.29, 0.717) is 12.1 Å². The van der Waals surface area contributed by atoms with Gasteiger partial charge < -0.3 is 10.1 Å². The molecule has 78 valence electrons. The highest BCUT2D eigenvalue weighted by Crippen LogP contribution is 2.25. The molecule has 0 aliphatic carbocycles. The predicted molar refractivity (Wildman–Crippen MR) is 55.9 cm³/mol. The Balaban J connectivity index is 2.41. The predicted octanol–water partition coefficient (Wildman–Crippen LogP) is 2.33. The van der Waals surface area contributed by atoms with Gasteiger partial charge in [0.05, 0.1) is 6.10 Å². The third-order valence-corrected chi connectivity index (χ3v) is 3.18. The molecule has 1 aliphatic rings. The summed E-state index contributed by atoms with van der Waals surface area (Å²) in [6.45, 7) is 9.84. The summed E-state index contributed by atoms with van der Waals surface area (Å²) < 4.78 is 5.58. The Kier molecular flexibility index (Phi) is 3.74. The molecule has 0 aromatic carbocycles. The quantitative estimate of drug-likeness (QED) is 0.726. The second-order valence-corrected chi connectivity index (χ2v) is 4.51. The molecule has 1 rings (SSSR count). The van der Waals surface area contributed by atoms with Crippen LogP contribution >= 0.6 is 0 Å². The van der Waals surface area contributed by atoms with E-state index in [-0.39, 0.29) is 5.54 Å². The van der Waals surface area contributed by atoms with Crippen LogP contribution in [0.15, 0.2) is 0 Å². The molecule has 3 unspecified atom stereocenters. The normalized spacial score (nSPS) is 36.5. The highest BCUT2D eigenvalue weighted by Gasteiger charge is 2.37. The van der Waals surface area contributed by atoms with Gasteiger partial charge in [0.1, 0.15) is 0 Å². The van der Waals surface area contributed by atoms with E-state index >= 15 is 0 Å². The Morgan fingerprint density at radius 3 is 2.77 bits per heavy atom. The van der Waals surface area contributed by atoms with Gasteiger partial charge >= 0.3 is 0 Å². The van der Waals surface area contributed by atoms with Gasteiger partial charge in [-0.2, -0.15) is 0 Å². The standard InChI is InChI=1S/C11H23NO/c1-5-6-9(2)12-11(4)7-8-13-10(11)3/h9-10,12H,5-8H2,1-4H3. The van der Waals surface area contributed by atoms with Crippen molar-refractivity contribution in [1.82, 2.24) is 5.32 Å². The van der Waals surface area contributed by atoms with Crippen LogP contribution in [0.3, 0.4) is 0 Å². The number of rotatable bonds is 4. The fourth-order valence-corrected chi connectivity index (χ4v) is 2.09. The van der Waals surface area contributed by atoms with Gasteiger partial charge in [0, 0.05) is 18.2 Å². The van der Waals surface area contributed by atoms with Gasteiger partial charge in [-0.15, -0.1) is 0 Å². The minimum absolute atomic E-state index is 0.203. The van der Waals surface area contributed by atoms with Crippen LogP contribution in [0.1, 0.15) is 47.0 Å². The van der Waals surface area contributed by atoms with E-state index < -0.39 is 0 Å². The molecule has 1 heterocycles. The molecule has 0 saturated carbocycles. The van der Waals surface area contributed by atoms with Crippen molar-refractivity contribution in [2.45, 2.75) is 64.6 Å². The average Bonchev–Trinajstić information content (AvgIpc) is 2.32. The summed E-state index contributed by atoms with van der Waals surface area (Å²) in [7, 11) is 0. The van der Waals surface area contributed by atoms with E-state index in [9.17, 15) is 0 Å². The largest absolute Gasteiger partial charge is 0.377 e. The van der Waals surface area contributed by atoms with Gasteiger partial charge in [-0.3, -0.25) is 0 Å². The molecule has 3 atom stereocenters. The highest BCUT2D eigenvalue weighted by molar-refractivity contribution is 4.94. The molecule has 0 amide bonds. The van der Waals surface area contributed by atoms with Crippen LogP contribution in [-0.4, -0.2) is 24.3 Å². The molecule has 0 aromatic heterocycles. The molecule has 0 aromatic rings. The Labute approximate surface area is 82.0 Å². The smallest absolute Gasteiger partial charge is 0.0726 e. The van der Waals surface area contributed by atoms with Crippen LogP contribution in [0.2, 0.25) is 0 Å². The maximum atomic E-state index is 5.58. The lowest BCUT2D eigenvalue weighted by molar-refractivity contribution is 0.0845. The van der Waals surface area contributed by atoms with Gasteiger partial charge in [-0.25, -0.2) is 0 Å². The molecule has 1 N–H and O–H groups in total. The van der Waals surface area contributed by atoms with Gasteiger partial charge in [0.15, 0.2) is 0 Å². The zero-order valence-electron chi connectivity index (χ0n) is 9.39. The maximum absolute atomic E-state index is 5.58. The second kappa shape index (κ2) is 4.43. The molecule has 2 nitrogen and oxygen atoms in total. The Morgan fingerprint density at radius 2 is 2.31 bits per heavy atom. The monoisotopic (exact) mass is 185 g/mol. The fourth-order valence-electron chi connectivity index (χ4n) is 2.09. The summed E-state index contributed by atoms with van der Waals surface area (Å²) in [5, 5.41) is 3.68. The van der Waals surface area contributed by atoms with Crippen LogP contribution in [0, 0.1) is 0 Å². The van der Waals surface area contributed by atoms with Crippen LogP contribution in [-0.2, 0) is 4.74 Å². The first kappa shape index (κ1) is 11.0. The van der Waals surface area contributed by atoms with Gasteiger partial charge in [-0.05, 0) is 33.6 Å². The third kappa shape index (κ3) is 2.68. The number of ether oxygens (including phenoxy) is 1. The van der Waals surface area contributed by atoms with E-state index in [0.717, 1.165) is 13.0 Å². The molecule has 1 aliphatic heterocycles. The van der Waals surface area contributed by atoms with Crippen LogP contribution in [0.5, 0.6) is 0 Å². The van der Waals surface area contributed by atoms with Crippen molar-refractivity contribution in [3.63, 3.8) is 0 Å². The van der Waals surface area contributed by atoms with E-state index in [1.54, 1.807) is 0 Å². The molecule has 1 fully saturated rings. The van der Waals surface area contributed by atoms with Crippen LogP contribution in [0.4, 0.5) is 0 Å². The lowest BCUT2D eigenvalue weighted by Crippen LogP contribution is -2.51. The molecule has 2 heteroatoms. The summed E-state index contributed by atoms with van der Waals surface area (Å²) >= 11 is 0. The topological polar surface area (TPSA) is 21.3 Å². The molecular formula is C11H23NO. The van der Waals surface area contributed by atoms with Crippen molar-refractivity contribution < 1.29 is 4.74 Å². The van der Waals surface area contributed by atoms with Crippen molar-refractivity contribution >= 4 is 0 Å². The lowest BCUT2D eigenvalue weighted by Gasteiger charge is -2.32. The van der Waals surface area contributed by atoms with Crippen molar-refractivity contribution in [1.29, 1.82) is 0 Å².